The highest BCUT2D eigenvalue weighted by Crippen LogP contribution is 2.34. The number of carbonyl (C=O) groups is 2. The van der Waals surface area contributed by atoms with Gasteiger partial charge < -0.3 is 10.4 Å². The first-order chi connectivity index (χ1) is 9.51. The summed E-state index contributed by atoms with van der Waals surface area (Å²) in [4.78, 5) is 23.1. The molecule has 1 aromatic rings. The van der Waals surface area contributed by atoms with Crippen molar-refractivity contribution >= 4 is 27.8 Å². The summed E-state index contributed by atoms with van der Waals surface area (Å²) in [6, 6.07) is 3.06. The molecule has 21 heavy (non-hydrogen) atoms. The van der Waals surface area contributed by atoms with Crippen LogP contribution in [0.25, 0.3) is 0 Å². The summed E-state index contributed by atoms with van der Waals surface area (Å²) in [7, 11) is 0. The number of halogens is 4. The number of hydrogen-bond acceptors (Lipinski definition) is 2. The van der Waals surface area contributed by atoms with Gasteiger partial charge in [-0.1, -0.05) is 22.9 Å². The quantitative estimate of drug-likeness (QED) is 0.856. The van der Waals surface area contributed by atoms with Crippen molar-refractivity contribution in [2.75, 3.05) is 0 Å². The van der Waals surface area contributed by atoms with Crippen molar-refractivity contribution in [3.05, 3.63) is 33.8 Å². The van der Waals surface area contributed by atoms with Crippen molar-refractivity contribution in [1.29, 1.82) is 0 Å². The second kappa shape index (κ2) is 6.05. The fourth-order valence-electron chi connectivity index (χ4n) is 1.56. The highest BCUT2D eigenvalue weighted by molar-refractivity contribution is 9.10. The molecular weight excluding hydrogens is 355 g/mol. The normalized spacial score (nSPS) is 14.4. The van der Waals surface area contributed by atoms with Crippen LogP contribution in [0.2, 0.25) is 0 Å². The minimum absolute atomic E-state index is 0.0337. The van der Waals surface area contributed by atoms with E-state index in [1.54, 1.807) is 0 Å². The number of nitrogens with one attached hydrogen (secondary N) is 1. The SMILES string of the molecule is CCC(C)(NC(=O)c1ccc(Br)cc1C(F)(F)F)C(=O)O. The van der Waals surface area contributed by atoms with Gasteiger partial charge in [-0.15, -0.1) is 0 Å². The van der Waals surface area contributed by atoms with E-state index in [9.17, 15) is 22.8 Å². The maximum Gasteiger partial charge on any atom is 0.417 e. The van der Waals surface area contributed by atoms with E-state index in [1.165, 1.54) is 19.9 Å². The van der Waals surface area contributed by atoms with Gasteiger partial charge in [0.2, 0.25) is 0 Å². The number of carboxylic acid groups (broad SMARTS) is 1. The molecule has 0 heterocycles. The fourth-order valence-corrected chi connectivity index (χ4v) is 1.92. The third-order valence-corrected chi connectivity index (χ3v) is 3.59. The van der Waals surface area contributed by atoms with Gasteiger partial charge in [0.15, 0.2) is 0 Å². The van der Waals surface area contributed by atoms with Crippen LogP contribution in [0.4, 0.5) is 13.2 Å². The van der Waals surface area contributed by atoms with Gasteiger partial charge in [0.1, 0.15) is 5.54 Å². The molecule has 0 saturated heterocycles. The Morgan fingerprint density at radius 1 is 1.33 bits per heavy atom. The predicted molar refractivity (Wildman–Crippen MR) is 72.9 cm³/mol. The monoisotopic (exact) mass is 367 g/mol. The van der Waals surface area contributed by atoms with E-state index in [2.05, 4.69) is 21.2 Å². The van der Waals surface area contributed by atoms with E-state index in [1.807, 2.05) is 0 Å². The largest absolute Gasteiger partial charge is 0.480 e. The minimum atomic E-state index is -4.72. The molecule has 0 radical (unpaired) electrons. The molecule has 0 spiro atoms. The van der Waals surface area contributed by atoms with Crippen LogP contribution in [-0.4, -0.2) is 22.5 Å². The number of rotatable bonds is 4. The Bertz CT molecular complexity index is 574. The highest BCUT2D eigenvalue weighted by Gasteiger charge is 2.38. The molecule has 1 amide bonds. The molecule has 0 aliphatic carbocycles. The Labute approximate surface area is 127 Å². The molecule has 116 valence electrons. The third-order valence-electron chi connectivity index (χ3n) is 3.10. The van der Waals surface area contributed by atoms with Gasteiger partial charge in [-0.3, -0.25) is 4.79 Å². The lowest BCUT2D eigenvalue weighted by Gasteiger charge is -2.25. The van der Waals surface area contributed by atoms with Crippen LogP contribution in [0.3, 0.4) is 0 Å². The van der Waals surface area contributed by atoms with Crippen molar-refractivity contribution in [1.82, 2.24) is 5.32 Å². The summed E-state index contributed by atoms with van der Waals surface area (Å²) in [6.45, 7) is 2.75. The van der Waals surface area contributed by atoms with Gasteiger partial charge in [-0.05, 0) is 31.5 Å². The molecule has 0 fully saturated rings. The van der Waals surface area contributed by atoms with Crippen molar-refractivity contribution in [2.45, 2.75) is 32.0 Å². The number of aliphatic carboxylic acids is 1. The second-order valence-corrected chi connectivity index (χ2v) is 5.55. The third kappa shape index (κ3) is 3.96. The zero-order chi connectivity index (χ0) is 16.4. The molecule has 0 saturated carbocycles. The van der Waals surface area contributed by atoms with Gasteiger partial charge in [-0.25, -0.2) is 4.79 Å². The molecule has 2 N–H and O–H groups in total. The molecule has 1 rings (SSSR count). The Kier molecular flexibility index (Phi) is 5.03. The first-order valence-corrected chi connectivity index (χ1v) is 6.73. The van der Waals surface area contributed by atoms with Crippen LogP contribution < -0.4 is 5.32 Å². The summed E-state index contributed by atoms with van der Waals surface area (Å²) >= 11 is 2.91. The summed E-state index contributed by atoms with van der Waals surface area (Å²) in [5.74, 6) is -2.40. The summed E-state index contributed by atoms with van der Waals surface area (Å²) in [6.07, 6.45) is -4.69. The van der Waals surface area contributed by atoms with Gasteiger partial charge >= 0.3 is 12.1 Å². The van der Waals surface area contributed by atoms with E-state index < -0.39 is 34.7 Å². The van der Waals surface area contributed by atoms with Crippen LogP contribution in [0.15, 0.2) is 22.7 Å². The Morgan fingerprint density at radius 3 is 2.33 bits per heavy atom. The highest BCUT2D eigenvalue weighted by atomic mass is 79.9. The molecule has 0 aliphatic heterocycles. The summed E-state index contributed by atoms with van der Waals surface area (Å²) in [5, 5.41) is 11.2. The smallest absolute Gasteiger partial charge is 0.417 e. The van der Waals surface area contributed by atoms with Gasteiger partial charge in [0, 0.05) is 4.47 Å². The second-order valence-electron chi connectivity index (χ2n) is 4.63. The number of carboxylic acids is 1. The topological polar surface area (TPSA) is 66.4 Å². The average Bonchev–Trinajstić information content (AvgIpc) is 2.37. The minimum Gasteiger partial charge on any atom is -0.480 e. The van der Waals surface area contributed by atoms with Crippen LogP contribution >= 0.6 is 15.9 Å². The molecule has 1 unspecified atom stereocenters. The van der Waals surface area contributed by atoms with Gasteiger partial charge in [0.05, 0.1) is 11.1 Å². The maximum atomic E-state index is 12.9. The van der Waals surface area contributed by atoms with Crippen molar-refractivity contribution < 1.29 is 27.9 Å². The lowest BCUT2D eigenvalue weighted by atomic mass is 9.97. The van der Waals surface area contributed by atoms with Gasteiger partial charge in [0.25, 0.3) is 5.91 Å². The Balaban J connectivity index is 3.23. The molecule has 1 atom stereocenters. The van der Waals surface area contributed by atoms with Crippen LogP contribution in [0, 0.1) is 0 Å². The van der Waals surface area contributed by atoms with Crippen LogP contribution in [0.5, 0.6) is 0 Å². The Hall–Kier alpha value is -1.57. The number of alkyl halides is 3. The molecular formula is C13H13BrF3NO3. The lowest BCUT2D eigenvalue weighted by molar-refractivity contribution is -0.143. The molecule has 4 nitrogen and oxygen atoms in total. The van der Waals surface area contributed by atoms with Gasteiger partial charge in [-0.2, -0.15) is 13.2 Å². The van der Waals surface area contributed by atoms with Crippen LogP contribution in [0.1, 0.15) is 36.2 Å². The van der Waals surface area contributed by atoms with E-state index in [0.29, 0.717) is 0 Å². The number of carbonyl (C=O) groups excluding carboxylic acids is 1. The van der Waals surface area contributed by atoms with Crippen molar-refractivity contribution in [2.24, 2.45) is 0 Å². The van der Waals surface area contributed by atoms with E-state index in [4.69, 9.17) is 5.11 Å². The molecule has 0 aromatic heterocycles. The molecule has 0 bridgehead atoms. The van der Waals surface area contributed by atoms with E-state index in [-0.39, 0.29) is 10.9 Å². The standard InChI is InChI=1S/C13H13BrF3NO3/c1-3-12(2,11(20)21)18-10(19)8-5-4-7(14)6-9(8)13(15,16)17/h4-6H,3H2,1-2H3,(H,18,19)(H,20,21). The van der Waals surface area contributed by atoms with E-state index in [0.717, 1.165) is 12.1 Å². The molecule has 0 aliphatic rings. The number of benzene rings is 1. The lowest BCUT2D eigenvalue weighted by Crippen LogP contribution is -2.52. The predicted octanol–water partition coefficient (Wildman–Crippen LogP) is 3.45. The van der Waals surface area contributed by atoms with Crippen molar-refractivity contribution in [3.63, 3.8) is 0 Å². The number of amides is 1. The fraction of sp³-hybridized carbons (Fsp3) is 0.385. The maximum absolute atomic E-state index is 12.9. The number of hydrogen-bond donors (Lipinski definition) is 2. The molecule has 8 heteroatoms. The van der Waals surface area contributed by atoms with Crippen LogP contribution in [-0.2, 0) is 11.0 Å². The first kappa shape index (κ1) is 17.5. The van der Waals surface area contributed by atoms with Crippen molar-refractivity contribution in [3.8, 4) is 0 Å². The average molecular weight is 368 g/mol. The summed E-state index contributed by atoms with van der Waals surface area (Å²) < 4.78 is 39.0. The zero-order valence-electron chi connectivity index (χ0n) is 11.2. The zero-order valence-corrected chi connectivity index (χ0v) is 12.8. The summed E-state index contributed by atoms with van der Waals surface area (Å²) in [5.41, 5.74) is -3.38. The molecule has 1 aromatic carbocycles. The van der Waals surface area contributed by atoms with E-state index >= 15 is 0 Å². The first-order valence-electron chi connectivity index (χ1n) is 5.94. The Morgan fingerprint density at radius 2 is 1.90 bits per heavy atom.